The van der Waals surface area contributed by atoms with Gasteiger partial charge in [0.25, 0.3) is 0 Å². The Kier molecular flexibility index (Phi) is 11.2. The Morgan fingerprint density at radius 2 is 1.11 bits per heavy atom. The summed E-state index contributed by atoms with van der Waals surface area (Å²) in [6.45, 7) is 6.25. The van der Waals surface area contributed by atoms with Crippen LogP contribution in [0.25, 0.3) is 0 Å². The van der Waals surface area contributed by atoms with Gasteiger partial charge in [0, 0.05) is 10.8 Å². The molecule has 208 valence electrons. The maximum Gasteiger partial charge on any atom is 0.339 e. The van der Waals surface area contributed by atoms with E-state index in [0.717, 1.165) is 35.3 Å². The van der Waals surface area contributed by atoms with E-state index >= 15 is 0 Å². The number of unbranched alkanes of at least 4 members (excludes halogenated alkanes) is 7. The molecule has 1 aromatic heterocycles. The minimum absolute atomic E-state index is 0.00135. The number of benzene rings is 2. The van der Waals surface area contributed by atoms with Gasteiger partial charge in [-0.05, 0) is 54.2 Å². The van der Waals surface area contributed by atoms with Crippen molar-refractivity contribution in [3.63, 3.8) is 0 Å². The molecule has 0 aliphatic heterocycles. The van der Waals surface area contributed by atoms with Crippen LogP contribution in [0.2, 0.25) is 0 Å². The van der Waals surface area contributed by atoms with Crippen LogP contribution >= 0.6 is 11.3 Å². The Morgan fingerprint density at radius 3 is 1.58 bits per heavy atom. The van der Waals surface area contributed by atoms with Gasteiger partial charge >= 0.3 is 20.2 Å². The van der Waals surface area contributed by atoms with Crippen LogP contribution in [0, 0.1) is 0 Å². The number of hydrogen-bond donors (Lipinski definition) is 0. The maximum atomic E-state index is 12.9. The Balaban J connectivity index is 1.57. The first-order valence-corrected chi connectivity index (χ1v) is 17.0. The molecule has 2 aromatic carbocycles. The van der Waals surface area contributed by atoms with Gasteiger partial charge in [-0.3, -0.25) is 0 Å². The Labute approximate surface area is 232 Å². The zero-order chi connectivity index (χ0) is 27.6. The van der Waals surface area contributed by atoms with E-state index in [-0.39, 0.29) is 27.2 Å². The van der Waals surface area contributed by atoms with Crippen molar-refractivity contribution < 1.29 is 25.2 Å². The fourth-order valence-electron chi connectivity index (χ4n) is 4.03. The minimum Gasteiger partial charge on any atom is -0.374 e. The summed E-state index contributed by atoms with van der Waals surface area (Å²) < 4.78 is 61.8. The molecule has 0 bridgehead atoms. The highest BCUT2D eigenvalue weighted by Crippen LogP contribution is 2.36. The molecule has 0 radical (unpaired) electrons. The van der Waals surface area contributed by atoms with Gasteiger partial charge < -0.3 is 8.37 Å². The highest BCUT2D eigenvalue weighted by atomic mass is 32.2. The summed E-state index contributed by atoms with van der Waals surface area (Å²) in [7, 11) is -8.33. The van der Waals surface area contributed by atoms with E-state index in [1.807, 2.05) is 13.8 Å². The van der Waals surface area contributed by atoms with Crippen molar-refractivity contribution in [2.24, 2.45) is 0 Å². The van der Waals surface area contributed by atoms with Crippen molar-refractivity contribution in [1.29, 1.82) is 0 Å². The second kappa shape index (κ2) is 14.1. The van der Waals surface area contributed by atoms with Gasteiger partial charge in [-0.15, -0.1) is 11.3 Å². The molecule has 0 unspecified atom stereocenters. The van der Waals surface area contributed by atoms with Crippen molar-refractivity contribution in [1.82, 2.24) is 0 Å². The first-order valence-electron chi connectivity index (χ1n) is 13.3. The maximum absolute atomic E-state index is 12.9. The molecule has 1 heterocycles. The molecule has 9 heteroatoms. The smallest absolute Gasteiger partial charge is 0.339 e. The van der Waals surface area contributed by atoms with Gasteiger partial charge in [0.15, 0.2) is 11.5 Å². The average Bonchev–Trinajstić information content (AvgIpc) is 3.30. The van der Waals surface area contributed by atoms with E-state index in [9.17, 15) is 16.8 Å². The lowest BCUT2D eigenvalue weighted by Crippen LogP contribution is -2.13. The van der Waals surface area contributed by atoms with Crippen LogP contribution in [-0.4, -0.2) is 16.8 Å². The Bertz CT molecular complexity index is 1340. The summed E-state index contributed by atoms with van der Waals surface area (Å²) in [6.07, 6.45) is 10.8. The van der Waals surface area contributed by atoms with Crippen molar-refractivity contribution in [2.45, 2.75) is 94.3 Å². The third kappa shape index (κ3) is 8.85. The summed E-state index contributed by atoms with van der Waals surface area (Å²) in [4.78, 5) is -0.0181. The lowest BCUT2D eigenvalue weighted by molar-refractivity contribution is 0.451. The predicted octanol–water partition coefficient (Wildman–Crippen LogP) is 8.09. The summed E-state index contributed by atoms with van der Waals surface area (Å²) in [5.41, 5.74) is 2.07. The van der Waals surface area contributed by atoms with E-state index in [1.54, 1.807) is 24.3 Å². The zero-order valence-corrected chi connectivity index (χ0v) is 24.8. The number of hydrogen-bond acceptors (Lipinski definition) is 7. The van der Waals surface area contributed by atoms with E-state index in [0.29, 0.717) is 0 Å². The second-order valence-corrected chi connectivity index (χ2v) is 13.6. The van der Waals surface area contributed by atoms with Gasteiger partial charge in [-0.1, -0.05) is 90.0 Å². The third-order valence-corrected chi connectivity index (χ3v) is 9.56. The lowest BCUT2D eigenvalue weighted by atomic mass is 10.0. The molecule has 0 saturated carbocycles. The molecule has 3 rings (SSSR count). The fraction of sp³-hybridized carbons (Fsp3) is 0.448. The van der Waals surface area contributed by atoms with Gasteiger partial charge in [-0.2, -0.15) is 16.8 Å². The molecular formula is C29H38O6S3. The summed E-state index contributed by atoms with van der Waals surface area (Å²) >= 11 is 1.09. The first-order chi connectivity index (χ1) is 18.1. The van der Waals surface area contributed by atoms with Crippen molar-refractivity contribution >= 4 is 31.6 Å². The summed E-state index contributed by atoms with van der Waals surface area (Å²) in [5, 5.41) is 2.80. The normalized spacial score (nSPS) is 12.1. The first kappa shape index (κ1) is 30.2. The van der Waals surface area contributed by atoms with E-state index < -0.39 is 20.2 Å². The van der Waals surface area contributed by atoms with Gasteiger partial charge in [0.2, 0.25) is 0 Å². The summed E-state index contributed by atoms with van der Waals surface area (Å²) in [5.74, 6) is -0.0767. The van der Waals surface area contributed by atoms with E-state index in [2.05, 4.69) is 6.92 Å². The molecule has 0 spiro atoms. The van der Waals surface area contributed by atoms with Crippen LogP contribution in [0.15, 0.2) is 69.1 Å². The molecule has 0 amide bonds. The SMILES string of the molecule is CCCCCCCCCCc1ccc(S(=O)(=O)Oc2cscc2OS(=O)(=O)c2ccc(C(C)C)cc2)cc1. The molecule has 38 heavy (non-hydrogen) atoms. The predicted molar refractivity (Wildman–Crippen MR) is 153 cm³/mol. The standard InChI is InChI=1S/C29H38O6S3/c1-4-5-6-7-8-9-10-11-12-24-13-17-26(18-14-24)37(30,31)34-28-21-36-22-29(28)35-38(32,33)27-19-15-25(16-20-27)23(2)3/h13-23H,4-12H2,1-3H3. The molecule has 0 fully saturated rings. The van der Waals surface area contributed by atoms with Gasteiger partial charge in [-0.25, -0.2) is 0 Å². The average molecular weight is 579 g/mol. The minimum atomic E-state index is -4.17. The van der Waals surface area contributed by atoms with Gasteiger partial charge in [0.05, 0.1) is 0 Å². The fourth-order valence-corrected chi connectivity index (χ4v) is 6.66. The summed E-state index contributed by atoms with van der Waals surface area (Å²) in [6, 6.07) is 13.1. The molecule has 0 aliphatic carbocycles. The molecule has 0 atom stereocenters. The number of aryl methyl sites for hydroxylation is 1. The van der Waals surface area contributed by atoms with E-state index in [4.69, 9.17) is 8.37 Å². The van der Waals surface area contributed by atoms with Crippen LogP contribution in [0.5, 0.6) is 11.5 Å². The van der Waals surface area contributed by atoms with Crippen LogP contribution < -0.4 is 8.37 Å². The molecular weight excluding hydrogens is 541 g/mol. The van der Waals surface area contributed by atoms with Crippen LogP contribution in [0.4, 0.5) is 0 Å². The van der Waals surface area contributed by atoms with Crippen LogP contribution in [-0.2, 0) is 26.7 Å². The lowest BCUT2D eigenvalue weighted by Gasteiger charge is -2.11. The molecule has 0 N–H and O–H groups in total. The van der Waals surface area contributed by atoms with E-state index in [1.165, 1.54) is 80.0 Å². The Morgan fingerprint density at radius 1 is 0.658 bits per heavy atom. The van der Waals surface area contributed by atoms with Gasteiger partial charge in [0.1, 0.15) is 9.79 Å². The topological polar surface area (TPSA) is 86.7 Å². The van der Waals surface area contributed by atoms with Crippen LogP contribution in [0.3, 0.4) is 0 Å². The van der Waals surface area contributed by atoms with Crippen molar-refractivity contribution in [3.8, 4) is 11.5 Å². The number of thiophene rings is 1. The quantitative estimate of drug-likeness (QED) is 0.126. The largest absolute Gasteiger partial charge is 0.374 e. The number of rotatable bonds is 16. The molecule has 3 aromatic rings. The molecule has 6 nitrogen and oxygen atoms in total. The molecule has 0 saturated heterocycles. The highest BCUT2D eigenvalue weighted by Gasteiger charge is 2.24. The third-order valence-electron chi connectivity index (χ3n) is 6.36. The van der Waals surface area contributed by atoms with Crippen molar-refractivity contribution in [3.05, 3.63) is 70.4 Å². The molecule has 0 aliphatic rings. The zero-order valence-electron chi connectivity index (χ0n) is 22.4. The monoisotopic (exact) mass is 578 g/mol. The second-order valence-electron chi connectivity index (χ2n) is 9.77. The Hall–Kier alpha value is -2.36. The van der Waals surface area contributed by atoms with Crippen molar-refractivity contribution in [2.75, 3.05) is 0 Å². The van der Waals surface area contributed by atoms with Crippen LogP contribution in [0.1, 0.15) is 89.2 Å². The highest BCUT2D eigenvalue weighted by molar-refractivity contribution is 7.87.